The van der Waals surface area contributed by atoms with Crippen LogP contribution in [-0.4, -0.2) is 21.3 Å². The molecule has 106 valence electrons. The molecule has 4 nitrogen and oxygen atoms in total. The van der Waals surface area contributed by atoms with Crippen molar-refractivity contribution in [1.82, 2.24) is 20.1 Å². The molecule has 3 heterocycles. The quantitative estimate of drug-likeness (QED) is 0.791. The van der Waals surface area contributed by atoms with Crippen molar-refractivity contribution in [2.24, 2.45) is 7.05 Å². The van der Waals surface area contributed by atoms with Gasteiger partial charge in [0.2, 0.25) is 0 Å². The lowest BCUT2D eigenvalue weighted by Gasteiger charge is -2.17. The maximum absolute atomic E-state index is 4.76. The molecule has 2 aromatic heterocycles. The number of thiazole rings is 1. The molecule has 1 aromatic carbocycles. The standard InChI is InChI=1S/C16H16N4S/c1-20-9-14(8-18-20)16-19-15(10-21-16)12-2-3-13-7-17-5-4-11(13)6-12/h2-3,6,8-10,17H,4-5,7H2,1H3. The molecule has 1 N–H and O–H groups in total. The Morgan fingerprint density at radius 2 is 2.19 bits per heavy atom. The molecule has 0 fully saturated rings. The lowest BCUT2D eigenvalue weighted by atomic mass is 9.98. The normalized spacial score (nSPS) is 14.1. The average molecular weight is 296 g/mol. The zero-order valence-corrected chi connectivity index (χ0v) is 12.7. The van der Waals surface area contributed by atoms with Gasteiger partial charge < -0.3 is 5.32 Å². The third-order valence-corrected chi connectivity index (χ3v) is 4.74. The first-order chi connectivity index (χ1) is 10.3. The van der Waals surface area contributed by atoms with E-state index in [0.717, 1.165) is 35.8 Å². The van der Waals surface area contributed by atoms with E-state index in [2.05, 4.69) is 34.0 Å². The predicted octanol–water partition coefficient (Wildman–Crippen LogP) is 2.86. The van der Waals surface area contributed by atoms with Gasteiger partial charge >= 0.3 is 0 Å². The summed E-state index contributed by atoms with van der Waals surface area (Å²) in [4.78, 5) is 4.76. The summed E-state index contributed by atoms with van der Waals surface area (Å²) in [6.45, 7) is 2.04. The van der Waals surface area contributed by atoms with E-state index in [9.17, 15) is 0 Å². The van der Waals surface area contributed by atoms with Crippen LogP contribution in [0.15, 0.2) is 36.0 Å². The van der Waals surface area contributed by atoms with Crippen LogP contribution < -0.4 is 5.32 Å². The molecule has 0 saturated carbocycles. The first-order valence-electron chi connectivity index (χ1n) is 7.07. The van der Waals surface area contributed by atoms with Gasteiger partial charge in [0.1, 0.15) is 5.01 Å². The summed E-state index contributed by atoms with van der Waals surface area (Å²) in [5.74, 6) is 0. The fraction of sp³-hybridized carbons (Fsp3) is 0.250. The van der Waals surface area contributed by atoms with Crippen molar-refractivity contribution in [3.05, 3.63) is 47.1 Å². The van der Waals surface area contributed by atoms with Gasteiger partial charge in [-0.05, 0) is 30.2 Å². The Labute approximate surface area is 127 Å². The number of aryl methyl sites for hydroxylation is 1. The van der Waals surface area contributed by atoms with Crippen LogP contribution in [0.5, 0.6) is 0 Å². The van der Waals surface area contributed by atoms with Gasteiger partial charge in [0.15, 0.2) is 0 Å². The van der Waals surface area contributed by atoms with Crippen LogP contribution in [0.25, 0.3) is 21.8 Å². The summed E-state index contributed by atoms with van der Waals surface area (Å²) >= 11 is 1.67. The van der Waals surface area contributed by atoms with Crippen molar-refractivity contribution in [3.8, 4) is 21.8 Å². The van der Waals surface area contributed by atoms with E-state index in [4.69, 9.17) is 4.98 Å². The highest BCUT2D eigenvalue weighted by molar-refractivity contribution is 7.13. The molecule has 1 aliphatic rings. The molecular weight excluding hydrogens is 280 g/mol. The molecule has 0 radical (unpaired) electrons. The molecule has 21 heavy (non-hydrogen) atoms. The first-order valence-corrected chi connectivity index (χ1v) is 7.95. The molecule has 5 heteroatoms. The van der Waals surface area contributed by atoms with Crippen LogP contribution >= 0.6 is 11.3 Å². The van der Waals surface area contributed by atoms with Crippen LogP contribution in [0.3, 0.4) is 0 Å². The Hall–Kier alpha value is -1.98. The SMILES string of the molecule is Cn1cc(-c2nc(-c3ccc4c(c3)CCNC4)cs2)cn1. The second kappa shape index (κ2) is 5.09. The average Bonchev–Trinajstić information content (AvgIpc) is 3.15. The lowest BCUT2D eigenvalue weighted by molar-refractivity contribution is 0.644. The molecule has 0 amide bonds. The molecule has 1 aliphatic heterocycles. The number of hydrogen-bond donors (Lipinski definition) is 1. The molecule has 0 atom stereocenters. The van der Waals surface area contributed by atoms with Gasteiger partial charge in [0, 0.05) is 36.3 Å². The Bertz CT molecular complexity index is 787. The highest BCUT2D eigenvalue weighted by atomic mass is 32.1. The largest absolute Gasteiger partial charge is 0.312 e. The van der Waals surface area contributed by atoms with E-state index in [1.165, 1.54) is 16.7 Å². The van der Waals surface area contributed by atoms with Crippen LogP contribution in [-0.2, 0) is 20.0 Å². The van der Waals surface area contributed by atoms with Crippen molar-refractivity contribution in [2.75, 3.05) is 6.54 Å². The Morgan fingerprint density at radius 1 is 1.24 bits per heavy atom. The van der Waals surface area contributed by atoms with Crippen molar-refractivity contribution >= 4 is 11.3 Å². The predicted molar refractivity (Wildman–Crippen MR) is 85.2 cm³/mol. The number of aromatic nitrogens is 3. The number of benzene rings is 1. The maximum atomic E-state index is 4.76. The zero-order valence-electron chi connectivity index (χ0n) is 11.8. The van der Waals surface area contributed by atoms with Gasteiger partial charge in [0.05, 0.1) is 11.9 Å². The van der Waals surface area contributed by atoms with Crippen molar-refractivity contribution in [2.45, 2.75) is 13.0 Å². The Kier molecular flexibility index (Phi) is 3.09. The maximum Gasteiger partial charge on any atom is 0.127 e. The molecule has 0 unspecified atom stereocenters. The smallest absolute Gasteiger partial charge is 0.127 e. The summed E-state index contributed by atoms with van der Waals surface area (Å²) < 4.78 is 1.81. The summed E-state index contributed by atoms with van der Waals surface area (Å²) in [7, 11) is 1.93. The van der Waals surface area contributed by atoms with Gasteiger partial charge in [-0.2, -0.15) is 5.10 Å². The first kappa shape index (κ1) is 12.7. The second-order valence-corrected chi connectivity index (χ2v) is 6.21. The number of fused-ring (bicyclic) bond motifs is 1. The monoisotopic (exact) mass is 296 g/mol. The molecule has 4 rings (SSSR count). The number of hydrogen-bond acceptors (Lipinski definition) is 4. The molecule has 0 saturated heterocycles. The highest BCUT2D eigenvalue weighted by Gasteiger charge is 2.12. The van der Waals surface area contributed by atoms with E-state index in [0.29, 0.717) is 0 Å². The molecule has 3 aromatic rings. The number of nitrogens with zero attached hydrogens (tertiary/aromatic N) is 3. The minimum absolute atomic E-state index is 0.980. The van der Waals surface area contributed by atoms with E-state index < -0.39 is 0 Å². The second-order valence-electron chi connectivity index (χ2n) is 5.35. The van der Waals surface area contributed by atoms with Gasteiger partial charge in [-0.1, -0.05) is 12.1 Å². The summed E-state index contributed by atoms with van der Waals surface area (Å²) in [5.41, 5.74) is 6.20. The van der Waals surface area contributed by atoms with Crippen LogP contribution in [0.2, 0.25) is 0 Å². The summed E-state index contributed by atoms with van der Waals surface area (Å²) in [5, 5.41) is 10.8. The zero-order chi connectivity index (χ0) is 14.2. The Morgan fingerprint density at radius 3 is 3.05 bits per heavy atom. The minimum Gasteiger partial charge on any atom is -0.312 e. The van der Waals surface area contributed by atoms with E-state index >= 15 is 0 Å². The molecule has 0 aliphatic carbocycles. The third-order valence-electron chi connectivity index (χ3n) is 3.84. The minimum atomic E-state index is 0.980. The number of rotatable bonds is 2. The van der Waals surface area contributed by atoms with Gasteiger partial charge in [-0.3, -0.25) is 4.68 Å². The third kappa shape index (κ3) is 2.39. The summed E-state index contributed by atoms with van der Waals surface area (Å²) in [6, 6.07) is 6.69. The van der Waals surface area contributed by atoms with E-state index in [-0.39, 0.29) is 0 Å². The van der Waals surface area contributed by atoms with Crippen LogP contribution in [0, 0.1) is 0 Å². The molecule has 0 spiro atoms. The van der Waals surface area contributed by atoms with Crippen LogP contribution in [0.4, 0.5) is 0 Å². The summed E-state index contributed by atoms with van der Waals surface area (Å²) in [6.07, 6.45) is 4.96. The van der Waals surface area contributed by atoms with Gasteiger partial charge in [0.25, 0.3) is 0 Å². The van der Waals surface area contributed by atoms with Gasteiger partial charge in [-0.25, -0.2) is 4.98 Å². The van der Waals surface area contributed by atoms with E-state index in [1.54, 1.807) is 11.3 Å². The van der Waals surface area contributed by atoms with Crippen molar-refractivity contribution in [3.63, 3.8) is 0 Å². The fourth-order valence-corrected chi connectivity index (χ4v) is 3.51. The van der Waals surface area contributed by atoms with Crippen LogP contribution in [0.1, 0.15) is 11.1 Å². The van der Waals surface area contributed by atoms with E-state index in [1.807, 2.05) is 24.1 Å². The van der Waals surface area contributed by atoms with Gasteiger partial charge in [-0.15, -0.1) is 11.3 Å². The van der Waals surface area contributed by atoms with Crippen molar-refractivity contribution < 1.29 is 0 Å². The molecule has 0 bridgehead atoms. The van der Waals surface area contributed by atoms with Crippen molar-refractivity contribution in [1.29, 1.82) is 0 Å². The molecular formula is C16H16N4S. The lowest BCUT2D eigenvalue weighted by Crippen LogP contribution is -2.23. The Balaban J connectivity index is 1.69. The fourth-order valence-electron chi connectivity index (χ4n) is 2.71. The number of nitrogens with one attached hydrogen (secondary N) is 1. The topological polar surface area (TPSA) is 42.7 Å². The highest BCUT2D eigenvalue weighted by Crippen LogP contribution is 2.30.